The fourth-order valence-corrected chi connectivity index (χ4v) is 2.51. The standard InChI is InChI=1S/C14H19N3S/c1-9-5-6-10(15)7-11(9)16-13-17-12(8-18-13)14(2,3)4/h5-8H,15H2,1-4H3,(H,16,17). The second-order valence-corrected chi connectivity index (χ2v) is 6.35. The minimum Gasteiger partial charge on any atom is -0.399 e. The number of hydrogen-bond acceptors (Lipinski definition) is 4. The molecule has 4 heteroatoms. The van der Waals surface area contributed by atoms with Crippen molar-refractivity contribution in [1.82, 2.24) is 4.98 Å². The largest absolute Gasteiger partial charge is 0.399 e. The number of aromatic nitrogens is 1. The van der Waals surface area contributed by atoms with Crippen LogP contribution in [-0.2, 0) is 5.41 Å². The van der Waals surface area contributed by atoms with Gasteiger partial charge in [-0.05, 0) is 24.6 Å². The van der Waals surface area contributed by atoms with Crippen LogP contribution >= 0.6 is 11.3 Å². The zero-order chi connectivity index (χ0) is 13.3. The summed E-state index contributed by atoms with van der Waals surface area (Å²) < 4.78 is 0. The molecule has 1 aromatic carbocycles. The molecule has 0 aliphatic heterocycles. The number of aryl methyl sites for hydroxylation is 1. The van der Waals surface area contributed by atoms with Gasteiger partial charge < -0.3 is 11.1 Å². The Balaban J connectivity index is 2.24. The highest BCUT2D eigenvalue weighted by atomic mass is 32.1. The molecule has 0 atom stereocenters. The van der Waals surface area contributed by atoms with Gasteiger partial charge in [-0.25, -0.2) is 4.98 Å². The highest BCUT2D eigenvalue weighted by molar-refractivity contribution is 7.13. The van der Waals surface area contributed by atoms with E-state index < -0.39 is 0 Å². The molecule has 0 unspecified atom stereocenters. The van der Waals surface area contributed by atoms with Crippen LogP contribution in [0.15, 0.2) is 23.6 Å². The molecule has 0 spiro atoms. The third kappa shape index (κ3) is 2.82. The molecule has 0 saturated carbocycles. The van der Waals surface area contributed by atoms with Crippen LogP contribution in [0, 0.1) is 6.92 Å². The molecule has 0 saturated heterocycles. The van der Waals surface area contributed by atoms with Crippen LogP contribution in [0.4, 0.5) is 16.5 Å². The van der Waals surface area contributed by atoms with Crippen molar-refractivity contribution >= 4 is 27.8 Å². The first-order chi connectivity index (χ1) is 8.36. The fraction of sp³-hybridized carbons (Fsp3) is 0.357. The van der Waals surface area contributed by atoms with Gasteiger partial charge in [-0.15, -0.1) is 11.3 Å². The average molecular weight is 261 g/mol. The molecule has 2 rings (SSSR count). The topological polar surface area (TPSA) is 50.9 Å². The van der Waals surface area contributed by atoms with Crippen molar-refractivity contribution in [2.24, 2.45) is 0 Å². The monoisotopic (exact) mass is 261 g/mol. The van der Waals surface area contributed by atoms with Crippen molar-refractivity contribution in [3.63, 3.8) is 0 Å². The summed E-state index contributed by atoms with van der Waals surface area (Å²) in [5, 5.41) is 6.34. The van der Waals surface area contributed by atoms with Crippen LogP contribution in [0.3, 0.4) is 0 Å². The van der Waals surface area contributed by atoms with Crippen molar-refractivity contribution in [2.45, 2.75) is 33.1 Å². The summed E-state index contributed by atoms with van der Waals surface area (Å²) in [4.78, 5) is 4.61. The number of nitrogens with one attached hydrogen (secondary N) is 1. The number of nitrogens with zero attached hydrogens (tertiary/aromatic N) is 1. The fourth-order valence-electron chi connectivity index (χ4n) is 1.57. The average Bonchev–Trinajstić information content (AvgIpc) is 2.71. The molecule has 96 valence electrons. The summed E-state index contributed by atoms with van der Waals surface area (Å²) in [6, 6.07) is 5.85. The van der Waals surface area contributed by atoms with Crippen molar-refractivity contribution in [3.05, 3.63) is 34.8 Å². The van der Waals surface area contributed by atoms with E-state index in [1.165, 1.54) is 0 Å². The number of benzene rings is 1. The van der Waals surface area contributed by atoms with Crippen molar-refractivity contribution < 1.29 is 0 Å². The molecule has 1 heterocycles. The SMILES string of the molecule is Cc1ccc(N)cc1Nc1nc(C(C)(C)C)cs1. The van der Waals surface area contributed by atoms with E-state index in [-0.39, 0.29) is 5.41 Å². The van der Waals surface area contributed by atoms with Crippen LogP contribution in [0.5, 0.6) is 0 Å². The lowest BCUT2D eigenvalue weighted by molar-refractivity contribution is 0.573. The molecule has 3 nitrogen and oxygen atoms in total. The van der Waals surface area contributed by atoms with Gasteiger partial charge >= 0.3 is 0 Å². The van der Waals surface area contributed by atoms with Crippen LogP contribution in [0.25, 0.3) is 0 Å². The zero-order valence-corrected chi connectivity index (χ0v) is 12.1. The molecule has 0 bridgehead atoms. The molecule has 0 amide bonds. The smallest absolute Gasteiger partial charge is 0.187 e. The molecule has 18 heavy (non-hydrogen) atoms. The van der Waals surface area contributed by atoms with E-state index in [4.69, 9.17) is 5.73 Å². The summed E-state index contributed by atoms with van der Waals surface area (Å²) >= 11 is 1.62. The van der Waals surface area contributed by atoms with Crippen molar-refractivity contribution in [3.8, 4) is 0 Å². The predicted molar refractivity (Wildman–Crippen MR) is 79.7 cm³/mol. The summed E-state index contributed by atoms with van der Waals surface area (Å²) in [6.07, 6.45) is 0. The summed E-state index contributed by atoms with van der Waals surface area (Å²) in [5.41, 5.74) is 9.93. The molecule has 0 aliphatic carbocycles. The van der Waals surface area contributed by atoms with Crippen LogP contribution < -0.4 is 11.1 Å². The molecular weight excluding hydrogens is 242 g/mol. The Labute approximate surface area is 112 Å². The Hall–Kier alpha value is -1.55. The molecule has 0 radical (unpaired) electrons. The van der Waals surface area contributed by atoms with E-state index in [9.17, 15) is 0 Å². The number of thiazole rings is 1. The Morgan fingerprint density at radius 2 is 2.00 bits per heavy atom. The summed E-state index contributed by atoms with van der Waals surface area (Å²) in [7, 11) is 0. The quantitative estimate of drug-likeness (QED) is 0.801. The van der Waals surface area contributed by atoms with E-state index in [2.05, 4.69) is 43.4 Å². The van der Waals surface area contributed by atoms with Gasteiger partial charge in [0.15, 0.2) is 5.13 Å². The second kappa shape index (κ2) is 4.61. The molecule has 3 N–H and O–H groups in total. The van der Waals surface area contributed by atoms with E-state index in [0.717, 1.165) is 27.8 Å². The Morgan fingerprint density at radius 1 is 1.28 bits per heavy atom. The number of nitrogen functional groups attached to an aromatic ring is 1. The second-order valence-electron chi connectivity index (χ2n) is 5.49. The number of hydrogen-bond donors (Lipinski definition) is 2. The molecular formula is C14H19N3S. The maximum absolute atomic E-state index is 5.80. The third-order valence-corrected chi connectivity index (χ3v) is 3.53. The predicted octanol–water partition coefficient (Wildman–Crippen LogP) is 4.07. The third-order valence-electron chi connectivity index (χ3n) is 2.78. The lowest BCUT2D eigenvalue weighted by atomic mass is 9.93. The Bertz CT molecular complexity index is 552. The maximum atomic E-state index is 5.80. The van der Waals surface area contributed by atoms with Gasteiger partial charge in [0, 0.05) is 22.2 Å². The van der Waals surface area contributed by atoms with Gasteiger partial charge in [0.25, 0.3) is 0 Å². The van der Waals surface area contributed by atoms with Crippen LogP contribution in [0.1, 0.15) is 32.0 Å². The van der Waals surface area contributed by atoms with E-state index in [1.54, 1.807) is 11.3 Å². The van der Waals surface area contributed by atoms with Crippen LogP contribution in [0.2, 0.25) is 0 Å². The zero-order valence-electron chi connectivity index (χ0n) is 11.2. The molecule has 2 aromatic rings. The lowest BCUT2D eigenvalue weighted by Gasteiger charge is -2.14. The van der Waals surface area contributed by atoms with Crippen molar-refractivity contribution in [2.75, 3.05) is 11.1 Å². The maximum Gasteiger partial charge on any atom is 0.187 e. The van der Waals surface area contributed by atoms with E-state index in [1.807, 2.05) is 18.2 Å². The van der Waals surface area contributed by atoms with Gasteiger partial charge in [-0.1, -0.05) is 26.8 Å². The lowest BCUT2D eigenvalue weighted by Crippen LogP contribution is -2.11. The van der Waals surface area contributed by atoms with Gasteiger partial charge in [0.1, 0.15) is 0 Å². The number of rotatable bonds is 2. The van der Waals surface area contributed by atoms with E-state index in [0.29, 0.717) is 0 Å². The normalized spacial score (nSPS) is 11.6. The van der Waals surface area contributed by atoms with Crippen molar-refractivity contribution in [1.29, 1.82) is 0 Å². The minimum absolute atomic E-state index is 0.0845. The van der Waals surface area contributed by atoms with Gasteiger partial charge in [0.2, 0.25) is 0 Å². The first-order valence-electron chi connectivity index (χ1n) is 5.95. The van der Waals surface area contributed by atoms with E-state index >= 15 is 0 Å². The Kier molecular flexibility index (Phi) is 3.30. The Morgan fingerprint density at radius 3 is 2.61 bits per heavy atom. The summed E-state index contributed by atoms with van der Waals surface area (Å²) in [6.45, 7) is 8.55. The first-order valence-corrected chi connectivity index (χ1v) is 6.83. The first kappa shape index (κ1) is 12.9. The highest BCUT2D eigenvalue weighted by Gasteiger charge is 2.17. The molecule has 1 aromatic heterocycles. The number of nitrogens with two attached hydrogens (primary N) is 1. The summed E-state index contributed by atoms with van der Waals surface area (Å²) in [5.74, 6) is 0. The van der Waals surface area contributed by atoms with Gasteiger partial charge in [0.05, 0.1) is 5.69 Å². The minimum atomic E-state index is 0.0845. The van der Waals surface area contributed by atoms with Crippen LogP contribution in [-0.4, -0.2) is 4.98 Å². The highest BCUT2D eigenvalue weighted by Crippen LogP contribution is 2.29. The molecule has 0 fully saturated rings. The van der Waals surface area contributed by atoms with Gasteiger partial charge in [-0.3, -0.25) is 0 Å². The van der Waals surface area contributed by atoms with Gasteiger partial charge in [-0.2, -0.15) is 0 Å². The number of anilines is 3. The molecule has 0 aliphatic rings.